The average Bonchev–Trinajstić information content (AvgIpc) is 2.64. The first kappa shape index (κ1) is 15.5. The Labute approximate surface area is 112 Å². The molecule has 106 valence electrons. The molecular formula is C15H30N2O. The number of carbonyl (C=O) groups is 1. The van der Waals surface area contributed by atoms with Crippen LogP contribution in [0.5, 0.6) is 0 Å². The normalized spacial score (nSPS) is 19.4. The number of nitrogens with one attached hydrogen (secondary N) is 1. The summed E-state index contributed by atoms with van der Waals surface area (Å²) < 4.78 is 0. The third-order valence-electron chi connectivity index (χ3n) is 4.13. The first-order chi connectivity index (χ1) is 8.46. The van der Waals surface area contributed by atoms with E-state index in [4.69, 9.17) is 0 Å². The highest BCUT2D eigenvalue weighted by atomic mass is 16.2. The summed E-state index contributed by atoms with van der Waals surface area (Å²) in [6.07, 6.45) is 6.01. The third kappa shape index (κ3) is 4.97. The zero-order valence-electron chi connectivity index (χ0n) is 12.6. The van der Waals surface area contributed by atoms with Gasteiger partial charge < -0.3 is 10.2 Å². The number of carbonyl (C=O) groups excluding carboxylic acids is 1. The molecule has 1 amide bonds. The second-order valence-electron chi connectivity index (χ2n) is 6.36. The quantitative estimate of drug-likeness (QED) is 0.818. The van der Waals surface area contributed by atoms with Crippen molar-refractivity contribution >= 4 is 5.91 Å². The Hall–Kier alpha value is -0.570. The fraction of sp³-hybridized carbons (Fsp3) is 0.933. The molecule has 0 aromatic rings. The Balaban J connectivity index is 2.40. The minimum absolute atomic E-state index is 0.0473. The van der Waals surface area contributed by atoms with Gasteiger partial charge in [0, 0.05) is 19.6 Å². The number of likely N-dealkylation sites (tertiary alicyclic amines) is 1. The maximum atomic E-state index is 12.3. The summed E-state index contributed by atoms with van der Waals surface area (Å²) in [5.74, 6) is 0.281. The molecule has 0 bridgehead atoms. The number of nitrogens with zero attached hydrogens (tertiary/aromatic N) is 1. The molecule has 1 atom stereocenters. The fourth-order valence-electron chi connectivity index (χ4n) is 2.21. The van der Waals surface area contributed by atoms with E-state index < -0.39 is 0 Å². The first-order valence-electron chi connectivity index (χ1n) is 7.48. The molecule has 1 aliphatic heterocycles. The van der Waals surface area contributed by atoms with Gasteiger partial charge in [0.2, 0.25) is 5.91 Å². The van der Waals surface area contributed by atoms with Crippen LogP contribution in [0.3, 0.4) is 0 Å². The molecule has 3 nitrogen and oxygen atoms in total. The summed E-state index contributed by atoms with van der Waals surface area (Å²) in [7, 11) is 0. The molecule has 18 heavy (non-hydrogen) atoms. The van der Waals surface area contributed by atoms with Gasteiger partial charge in [-0.3, -0.25) is 4.79 Å². The van der Waals surface area contributed by atoms with E-state index in [2.05, 4.69) is 26.1 Å². The molecule has 1 unspecified atom stereocenters. The van der Waals surface area contributed by atoms with Crippen molar-refractivity contribution in [3.05, 3.63) is 0 Å². The van der Waals surface area contributed by atoms with Gasteiger partial charge in [-0.1, -0.05) is 33.6 Å². The van der Waals surface area contributed by atoms with Crippen LogP contribution in [0.25, 0.3) is 0 Å². The molecule has 0 aromatic carbocycles. The fourth-order valence-corrected chi connectivity index (χ4v) is 2.21. The van der Waals surface area contributed by atoms with E-state index in [9.17, 15) is 4.79 Å². The monoisotopic (exact) mass is 254 g/mol. The number of amides is 1. The summed E-state index contributed by atoms with van der Waals surface area (Å²) in [4.78, 5) is 14.4. The van der Waals surface area contributed by atoms with Gasteiger partial charge in [0.25, 0.3) is 0 Å². The molecule has 1 heterocycles. The predicted octanol–water partition coefficient (Wildman–Crippen LogP) is 2.80. The Kier molecular flexibility index (Phi) is 6.13. The molecule has 0 aliphatic carbocycles. The zero-order valence-corrected chi connectivity index (χ0v) is 12.6. The van der Waals surface area contributed by atoms with Crippen molar-refractivity contribution in [2.45, 2.75) is 65.8 Å². The van der Waals surface area contributed by atoms with Crippen LogP contribution < -0.4 is 5.32 Å². The van der Waals surface area contributed by atoms with Crippen LogP contribution in [0.4, 0.5) is 0 Å². The number of hydrogen-bond acceptors (Lipinski definition) is 2. The molecule has 1 saturated heterocycles. The minimum Gasteiger partial charge on any atom is -0.341 e. The van der Waals surface area contributed by atoms with Crippen LogP contribution in [0, 0.1) is 5.41 Å². The highest BCUT2D eigenvalue weighted by Crippen LogP contribution is 2.18. The van der Waals surface area contributed by atoms with Crippen molar-refractivity contribution in [2.24, 2.45) is 5.41 Å². The molecule has 1 rings (SSSR count). The predicted molar refractivity (Wildman–Crippen MR) is 76.6 cm³/mol. The van der Waals surface area contributed by atoms with E-state index in [0.29, 0.717) is 0 Å². The van der Waals surface area contributed by atoms with Gasteiger partial charge in [-0.2, -0.15) is 0 Å². The van der Waals surface area contributed by atoms with Crippen LogP contribution in [0.2, 0.25) is 0 Å². The van der Waals surface area contributed by atoms with E-state index in [-0.39, 0.29) is 17.4 Å². The van der Waals surface area contributed by atoms with Gasteiger partial charge in [0.05, 0.1) is 6.04 Å². The Morgan fingerprint density at radius 2 is 1.78 bits per heavy atom. The largest absolute Gasteiger partial charge is 0.341 e. The molecule has 0 saturated carbocycles. The van der Waals surface area contributed by atoms with Gasteiger partial charge in [-0.15, -0.1) is 0 Å². The van der Waals surface area contributed by atoms with Crippen LogP contribution >= 0.6 is 0 Å². The summed E-state index contributed by atoms with van der Waals surface area (Å²) in [6.45, 7) is 11.5. The van der Waals surface area contributed by atoms with Crippen molar-refractivity contribution < 1.29 is 4.79 Å². The molecule has 1 fully saturated rings. The van der Waals surface area contributed by atoms with E-state index in [1.165, 1.54) is 25.7 Å². The van der Waals surface area contributed by atoms with Crippen LogP contribution in [0.15, 0.2) is 0 Å². The van der Waals surface area contributed by atoms with Gasteiger partial charge >= 0.3 is 0 Å². The summed E-state index contributed by atoms with van der Waals surface area (Å²) in [5, 5.41) is 3.40. The molecular weight excluding hydrogens is 224 g/mol. The van der Waals surface area contributed by atoms with Crippen LogP contribution in [-0.4, -0.2) is 36.5 Å². The SMILES string of the molecule is CCC(C)(C)CNC(C)C(=O)N1CCCCCC1. The van der Waals surface area contributed by atoms with Gasteiger partial charge in [0.15, 0.2) is 0 Å². The standard InChI is InChI=1S/C15H30N2O/c1-5-15(3,4)12-16-13(2)14(18)17-10-8-6-7-9-11-17/h13,16H,5-12H2,1-4H3. The molecule has 3 heteroatoms. The van der Waals surface area contributed by atoms with Gasteiger partial charge in [0.1, 0.15) is 0 Å². The van der Waals surface area contributed by atoms with Crippen LogP contribution in [-0.2, 0) is 4.79 Å². The van der Waals surface area contributed by atoms with Gasteiger partial charge in [-0.05, 0) is 31.6 Å². The maximum Gasteiger partial charge on any atom is 0.239 e. The molecule has 1 aliphatic rings. The Morgan fingerprint density at radius 3 is 2.28 bits per heavy atom. The number of hydrogen-bond donors (Lipinski definition) is 1. The second-order valence-corrected chi connectivity index (χ2v) is 6.36. The minimum atomic E-state index is -0.0473. The Bertz CT molecular complexity index is 255. The van der Waals surface area contributed by atoms with E-state index >= 15 is 0 Å². The number of rotatable bonds is 5. The lowest BCUT2D eigenvalue weighted by atomic mass is 9.90. The lowest BCUT2D eigenvalue weighted by molar-refractivity contribution is -0.133. The lowest BCUT2D eigenvalue weighted by Crippen LogP contribution is -2.47. The third-order valence-corrected chi connectivity index (χ3v) is 4.13. The van der Waals surface area contributed by atoms with Crippen molar-refractivity contribution in [2.75, 3.05) is 19.6 Å². The Morgan fingerprint density at radius 1 is 1.22 bits per heavy atom. The maximum absolute atomic E-state index is 12.3. The second kappa shape index (κ2) is 7.13. The van der Waals surface area contributed by atoms with E-state index in [1.54, 1.807) is 0 Å². The molecule has 0 spiro atoms. The lowest BCUT2D eigenvalue weighted by Gasteiger charge is -2.28. The molecule has 0 radical (unpaired) electrons. The molecule has 0 aromatic heterocycles. The smallest absolute Gasteiger partial charge is 0.239 e. The average molecular weight is 254 g/mol. The summed E-state index contributed by atoms with van der Waals surface area (Å²) in [6, 6.07) is -0.0473. The van der Waals surface area contributed by atoms with E-state index in [0.717, 1.165) is 26.1 Å². The summed E-state index contributed by atoms with van der Waals surface area (Å²) in [5.41, 5.74) is 0.271. The molecule has 1 N–H and O–H groups in total. The highest BCUT2D eigenvalue weighted by molar-refractivity contribution is 5.81. The van der Waals surface area contributed by atoms with Crippen molar-refractivity contribution in [3.63, 3.8) is 0 Å². The van der Waals surface area contributed by atoms with Crippen molar-refractivity contribution in [1.82, 2.24) is 10.2 Å². The van der Waals surface area contributed by atoms with Gasteiger partial charge in [-0.25, -0.2) is 0 Å². The van der Waals surface area contributed by atoms with Crippen molar-refractivity contribution in [1.29, 1.82) is 0 Å². The van der Waals surface area contributed by atoms with E-state index in [1.807, 2.05) is 11.8 Å². The van der Waals surface area contributed by atoms with Crippen LogP contribution in [0.1, 0.15) is 59.8 Å². The first-order valence-corrected chi connectivity index (χ1v) is 7.48. The summed E-state index contributed by atoms with van der Waals surface area (Å²) >= 11 is 0. The van der Waals surface area contributed by atoms with Crippen molar-refractivity contribution in [3.8, 4) is 0 Å². The topological polar surface area (TPSA) is 32.3 Å². The zero-order chi connectivity index (χ0) is 13.6. The highest BCUT2D eigenvalue weighted by Gasteiger charge is 2.23.